The maximum absolute atomic E-state index is 6.06. The van der Waals surface area contributed by atoms with Gasteiger partial charge in [-0.1, -0.05) is 30.3 Å². The zero-order valence-electron chi connectivity index (χ0n) is 12.4. The maximum atomic E-state index is 6.06. The van der Waals surface area contributed by atoms with E-state index in [0.29, 0.717) is 11.6 Å². The van der Waals surface area contributed by atoms with E-state index in [4.69, 9.17) is 11.6 Å². The number of hydrogen-bond donors (Lipinski definition) is 0. The third-order valence-corrected chi connectivity index (χ3v) is 3.45. The van der Waals surface area contributed by atoms with Crippen molar-refractivity contribution in [1.82, 2.24) is 15.0 Å². The summed E-state index contributed by atoms with van der Waals surface area (Å²) < 4.78 is 0. The number of rotatable bonds is 3. The second-order valence-electron chi connectivity index (χ2n) is 5.06. The Morgan fingerprint density at radius 1 is 0.727 bits per heavy atom. The molecule has 0 amide bonds. The molecule has 0 atom stereocenters. The first-order chi connectivity index (χ1) is 10.6. The predicted molar refractivity (Wildman–Crippen MR) is 90.0 cm³/mol. The summed E-state index contributed by atoms with van der Waals surface area (Å²) in [5.74, 6) is 1.15. The molecule has 2 aromatic carbocycles. The summed E-state index contributed by atoms with van der Waals surface area (Å²) in [4.78, 5) is 15.0. The molecule has 1 aromatic heterocycles. The van der Waals surface area contributed by atoms with Crippen molar-refractivity contribution >= 4 is 17.3 Å². The summed E-state index contributed by atoms with van der Waals surface area (Å²) in [5.41, 5.74) is 2.94. The summed E-state index contributed by atoms with van der Waals surface area (Å²) in [7, 11) is 4.00. The van der Waals surface area contributed by atoms with Gasteiger partial charge < -0.3 is 4.90 Å². The molecule has 0 aliphatic carbocycles. The lowest BCUT2D eigenvalue weighted by Gasteiger charge is -2.12. The first-order valence-electron chi connectivity index (χ1n) is 6.88. The van der Waals surface area contributed by atoms with E-state index in [1.54, 1.807) is 0 Å². The third kappa shape index (κ3) is 3.07. The van der Waals surface area contributed by atoms with Gasteiger partial charge in [-0.3, -0.25) is 0 Å². The predicted octanol–water partition coefficient (Wildman–Crippen LogP) is 3.93. The van der Waals surface area contributed by atoms with Crippen LogP contribution in [0.4, 0.5) is 5.69 Å². The van der Waals surface area contributed by atoms with Crippen LogP contribution in [0.5, 0.6) is 0 Å². The van der Waals surface area contributed by atoms with Gasteiger partial charge in [0, 0.05) is 30.9 Å². The topological polar surface area (TPSA) is 41.9 Å². The van der Waals surface area contributed by atoms with Gasteiger partial charge in [0.05, 0.1) is 0 Å². The number of halogens is 1. The summed E-state index contributed by atoms with van der Waals surface area (Å²) in [6.07, 6.45) is 0. The average Bonchev–Trinajstić information content (AvgIpc) is 2.55. The smallest absolute Gasteiger partial charge is 0.226 e. The van der Waals surface area contributed by atoms with Gasteiger partial charge in [0.25, 0.3) is 0 Å². The number of benzene rings is 2. The number of anilines is 1. The fraction of sp³-hybridized carbons (Fsp3) is 0.118. The second kappa shape index (κ2) is 6.12. The Hall–Kier alpha value is -2.46. The molecule has 3 aromatic rings. The number of nitrogens with zero attached hydrogens (tertiary/aromatic N) is 4. The van der Waals surface area contributed by atoms with Gasteiger partial charge in [-0.15, -0.1) is 0 Å². The van der Waals surface area contributed by atoms with Crippen LogP contribution in [0.3, 0.4) is 0 Å². The molecular weight excluding hydrogens is 296 g/mol. The van der Waals surface area contributed by atoms with Crippen LogP contribution in [0.25, 0.3) is 22.8 Å². The minimum atomic E-state index is 0.195. The molecule has 0 saturated heterocycles. The number of hydrogen-bond acceptors (Lipinski definition) is 4. The first-order valence-corrected chi connectivity index (χ1v) is 7.26. The van der Waals surface area contributed by atoms with Crippen molar-refractivity contribution in [3.8, 4) is 22.8 Å². The van der Waals surface area contributed by atoms with Gasteiger partial charge in [0.2, 0.25) is 5.28 Å². The lowest BCUT2D eigenvalue weighted by atomic mass is 10.1. The Morgan fingerprint density at radius 2 is 1.27 bits per heavy atom. The summed E-state index contributed by atoms with van der Waals surface area (Å²) >= 11 is 6.06. The Morgan fingerprint density at radius 3 is 1.82 bits per heavy atom. The van der Waals surface area contributed by atoms with E-state index in [1.807, 2.05) is 73.6 Å². The molecule has 0 aliphatic rings. The van der Waals surface area contributed by atoms with E-state index in [9.17, 15) is 0 Å². The van der Waals surface area contributed by atoms with Gasteiger partial charge in [-0.2, -0.15) is 9.97 Å². The van der Waals surface area contributed by atoms with Crippen molar-refractivity contribution in [2.24, 2.45) is 0 Å². The monoisotopic (exact) mass is 310 g/mol. The number of aromatic nitrogens is 3. The molecule has 5 heteroatoms. The van der Waals surface area contributed by atoms with Gasteiger partial charge >= 0.3 is 0 Å². The minimum Gasteiger partial charge on any atom is -0.378 e. The van der Waals surface area contributed by atoms with E-state index in [2.05, 4.69) is 15.0 Å². The standard InChI is InChI=1S/C17H15ClN4/c1-22(2)14-10-8-13(9-11-14)16-19-15(20-17(18)21-16)12-6-4-3-5-7-12/h3-11H,1-2H3. The van der Waals surface area contributed by atoms with Crippen molar-refractivity contribution in [3.63, 3.8) is 0 Å². The maximum Gasteiger partial charge on any atom is 0.226 e. The SMILES string of the molecule is CN(C)c1ccc(-c2nc(Cl)nc(-c3ccccc3)n2)cc1. The molecule has 0 aliphatic heterocycles. The summed E-state index contributed by atoms with van der Waals surface area (Å²) in [5, 5.41) is 0.195. The van der Waals surface area contributed by atoms with Crippen LogP contribution in [-0.4, -0.2) is 29.0 Å². The van der Waals surface area contributed by atoms with Gasteiger partial charge in [0.1, 0.15) is 0 Å². The molecule has 0 spiro atoms. The van der Waals surface area contributed by atoms with Gasteiger partial charge in [0.15, 0.2) is 11.6 Å². The van der Waals surface area contributed by atoms with Crippen molar-refractivity contribution in [2.45, 2.75) is 0 Å². The Kier molecular flexibility index (Phi) is 4.02. The minimum absolute atomic E-state index is 0.195. The van der Waals surface area contributed by atoms with Crippen LogP contribution < -0.4 is 4.90 Å². The molecular formula is C17H15ClN4. The van der Waals surface area contributed by atoms with Crippen LogP contribution in [0.1, 0.15) is 0 Å². The Labute approximate surface area is 134 Å². The zero-order valence-corrected chi connectivity index (χ0v) is 13.1. The molecule has 4 nitrogen and oxygen atoms in total. The molecule has 3 rings (SSSR count). The van der Waals surface area contributed by atoms with Crippen LogP contribution in [0, 0.1) is 0 Å². The molecule has 0 N–H and O–H groups in total. The molecule has 0 bridgehead atoms. The Bertz CT molecular complexity index is 770. The van der Waals surface area contributed by atoms with Crippen molar-refractivity contribution in [1.29, 1.82) is 0 Å². The highest BCUT2D eigenvalue weighted by molar-refractivity contribution is 6.28. The molecule has 1 heterocycles. The highest BCUT2D eigenvalue weighted by atomic mass is 35.5. The summed E-state index contributed by atoms with van der Waals surface area (Å²) in [6.45, 7) is 0. The fourth-order valence-electron chi connectivity index (χ4n) is 2.10. The molecule has 110 valence electrons. The highest BCUT2D eigenvalue weighted by Gasteiger charge is 2.09. The molecule has 0 saturated carbocycles. The Balaban J connectivity index is 2.02. The summed E-state index contributed by atoms with van der Waals surface area (Å²) in [6, 6.07) is 17.7. The largest absolute Gasteiger partial charge is 0.378 e. The average molecular weight is 311 g/mol. The van der Waals surface area contributed by atoms with E-state index < -0.39 is 0 Å². The van der Waals surface area contributed by atoms with Crippen molar-refractivity contribution in [3.05, 3.63) is 59.9 Å². The lowest BCUT2D eigenvalue weighted by molar-refractivity contribution is 1.06. The normalized spacial score (nSPS) is 10.5. The van der Waals surface area contributed by atoms with E-state index in [0.717, 1.165) is 16.8 Å². The van der Waals surface area contributed by atoms with E-state index in [-0.39, 0.29) is 5.28 Å². The quantitative estimate of drug-likeness (QED) is 0.735. The second-order valence-corrected chi connectivity index (χ2v) is 5.40. The van der Waals surface area contributed by atoms with Crippen LogP contribution in [0.2, 0.25) is 5.28 Å². The zero-order chi connectivity index (χ0) is 15.5. The molecule has 0 unspecified atom stereocenters. The van der Waals surface area contributed by atoms with E-state index in [1.165, 1.54) is 0 Å². The van der Waals surface area contributed by atoms with Crippen LogP contribution >= 0.6 is 11.6 Å². The third-order valence-electron chi connectivity index (χ3n) is 3.28. The molecule has 22 heavy (non-hydrogen) atoms. The fourth-order valence-corrected chi connectivity index (χ4v) is 2.26. The van der Waals surface area contributed by atoms with Crippen molar-refractivity contribution < 1.29 is 0 Å². The lowest BCUT2D eigenvalue weighted by Crippen LogP contribution is -2.08. The first kappa shape index (κ1) is 14.5. The molecule has 0 fully saturated rings. The van der Waals surface area contributed by atoms with Crippen LogP contribution in [0.15, 0.2) is 54.6 Å². The van der Waals surface area contributed by atoms with Gasteiger partial charge in [-0.05, 0) is 35.9 Å². The van der Waals surface area contributed by atoms with Crippen LogP contribution in [-0.2, 0) is 0 Å². The van der Waals surface area contributed by atoms with E-state index >= 15 is 0 Å². The highest BCUT2D eigenvalue weighted by Crippen LogP contribution is 2.23. The van der Waals surface area contributed by atoms with Gasteiger partial charge in [-0.25, -0.2) is 4.98 Å². The van der Waals surface area contributed by atoms with Crippen molar-refractivity contribution in [2.75, 3.05) is 19.0 Å². The molecule has 0 radical (unpaired) electrons.